The van der Waals surface area contributed by atoms with Crippen molar-refractivity contribution in [3.05, 3.63) is 70.8 Å². The van der Waals surface area contributed by atoms with Crippen LogP contribution in [0.4, 0.5) is 26.3 Å². The Morgan fingerprint density at radius 1 is 0.656 bits per heavy atom. The molecule has 0 heterocycles. The highest BCUT2D eigenvalue weighted by Crippen LogP contribution is 2.56. The van der Waals surface area contributed by atoms with Gasteiger partial charge in [0.25, 0.3) is 0 Å². The number of hydrogen-bond donors (Lipinski definition) is 2. The van der Waals surface area contributed by atoms with Crippen molar-refractivity contribution >= 4 is 11.9 Å². The molecule has 8 N–H and O–H groups in total. The molecule has 0 amide bonds. The van der Waals surface area contributed by atoms with Gasteiger partial charge in [-0.05, 0) is 22.3 Å². The first-order chi connectivity index (χ1) is 14.2. The Kier molecular flexibility index (Phi) is 9.85. The van der Waals surface area contributed by atoms with E-state index in [9.17, 15) is 46.1 Å². The van der Waals surface area contributed by atoms with Crippen molar-refractivity contribution in [2.75, 3.05) is 13.1 Å². The van der Waals surface area contributed by atoms with E-state index in [-0.39, 0.29) is 5.48 Å². The van der Waals surface area contributed by atoms with Crippen LogP contribution in [0, 0.1) is 0 Å². The van der Waals surface area contributed by atoms with Gasteiger partial charge < -0.3 is 36.7 Å². The predicted molar refractivity (Wildman–Crippen MR) is 93.6 cm³/mol. The summed E-state index contributed by atoms with van der Waals surface area (Å²) in [6, 6.07) is 3.80. The van der Waals surface area contributed by atoms with Gasteiger partial charge in [0.1, 0.15) is 13.1 Å². The third-order valence-corrected chi connectivity index (χ3v) is 4.21. The van der Waals surface area contributed by atoms with Gasteiger partial charge >= 0.3 is 12.4 Å². The number of carbonyl (C=O) groups is 2. The Bertz CT molecular complexity index is 821. The first kappa shape index (κ1) is 28.8. The molecule has 0 unspecified atom stereocenters. The lowest BCUT2D eigenvalue weighted by atomic mass is 9.72. The van der Waals surface area contributed by atoms with Gasteiger partial charge in [0.05, 0.1) is 11.9 Å². The summed E-state index contributed by atoms with van der Waals surface area (Å²) in [6.45, 7) is 1.92. The van der Waals surface area contributed by atoms with Crippen molar-refractivity contribution in [3.63, 3.8) is 0 Å². The highest BCUT2D eigenvalue weighted by Gasteiger charge is 2.72. The molecule has 0 aliphatic carbocycles. The van der Waals surface area contributed by atoms with Crippen LogP contribution in [-0.2, 0) is 5.41 Å². The molecule has 0 saturated carbocycles. The van der Waals surface area contributed by atoms with E-state index in [0.29, 0.717) is 48.5 Å². The molecule has 2 aromatic carbocycles. The average Bonchev–Trinajstić information content (AvgIpc) is 2.67. The molecular formula is C19H20F6N2O5. The second-order valence-electron chi connectivity index (χ2n) is 6.18. The van der Waals surface area contributed by atoms with Crippen molar-refractivity contribution in [1.29, 1.82) is 0 Å². The van der Waals surface area contributed by atoms with Gasteiger partial charge in [-0.25, -0.2) is 0 Å². The summed E-state index contributed by atoms with van der Waals surface area (Å²) in [5.74, 6) is -3.55. The summed E-state index contributed by atoms with van der Waals surface area (Å²) in [5.41, 5.74) is -1.20. The number of aromatic carboxylic acids is 2. The minimum absolute atomic E-state index is 0. The highest BCUT2D eigenvalue weighted by molar-refractivity contribution is 5.86. The molecule has 0 aromatic heterocycles. The quantitative estimate of drug-likeness (QED) is 0.506. The van der Waals surface area contributed by atoms with Crippen LogP contribution in [0.2, 0.25) is 0 Å². The lowest BCUT2D eigenvalue weighted by molar-refractivity contribution is -0.453. The molecule has 0 aliphatic heterocycles. The minimum atomic E-state index is -5.88. The molecule has 0 fully saturated rings. The van der Waals surface area contributed by atoms with Gasteiger partial charge in [-0.2, -0.15) is 26.3 Å². The van der Waals surface area contributed by atoms with Crippen LogP contribution >= 0.6 is 0 Å². The first-order valence-corrected chi connectivity index (χ1v) is 8.59. The molecule has 13 heteroatoms. The number of alkyl halides is 6. The SMILES string of the molecule is O.O=C([O-])c1ccc(C(c2ccc(C(=O)[O-])cc2)(C(F)(F)F)C(F)(F)F)cc1.[NH3+]CC[NH3+]. The molecule has 0 radical (unpaired) electrons. The van der Waals surface area contributed by atoms with E-state index < -0.39 is 52.0 Å². The van der Waals surface area contributed by atoms with Crippen molar-refractivity contribution in [2.24, 2.45) is 0 Å². The van der Waals surface area contributed by atoms with E-state index in [4.69, 9.17) is 0 Å². The van der Waals surface area contributed by atoms with Gasteiger partial charge in [-0.3, -0.25) is 0 Å². The van der Waals surface area contributed by atoms with Crippen molar-refractivity contribution in [1.82, 2.24) is 0 Å². The second-order valence-corrected chi connectivity index (χ2v) is 6.18. The summed E-state index contributed by atoms with van der Waals surface area (Å²) < 4.78 is 82.7. The molecular weight excluding hydrogens is 450 g/mol. The summed E-state index contributed by atoms with van der Waals surface area (Å²) >= 11 is 0. The maximum atomic E-state index is 13.8. The van der Waals surface area contributed by atoms with Crippen molar-refractivity contribution in [3.8, 4) is 0 Å². The Morgan fingerprint density at radius 3 is 1.06 bits per heavy atom. The Labute approximate surface area is 177 Å². The minimum Gasteiger partial charge on any atom is -0.545 e. The Hall–Kier alpha value is -3.16. The number of carboxylic acid groups (broad SMARTS) is 2. The number of carboxylic acids is 2. The lowest BCUT2D eigenvalue weighted by Gasteiger charge is -2.38. The number of rotatable bonds is 5. The van der Waals surface area contributed by atoms with Crippen LogP contribution in [0.5, 0.6) is 0 Å². The normalized spacial score (nSPS) is 11.6. The number of carbonyl (C=O) groups excluding carboxylic acids is 2. The molecule has 0 bridgehead atoms. The predicted octanol–water partition coefficient (Wildman–Crippen LogP) is -1.53. The lowest BCUT2D eigenvalue weighted by Crippen LogP contribution is -2.64. The van der Waals surface area contributed by atoms with Gasteiger partial charge in [0.2, 0.25) is 5.41 Å². The summed E-state index contributed by atoms with van der Waals surface area (Å²) in [7, 11) is 0. The molecule has 2 rings (SSSR count). The Balaban J connectivity index is 0.00000177. The van der Waals surface area contributed by atoms with Crippen LogP contribution in [-0.4, -0.2) is 42.9 Å². The van der Waals surface area contributed by atoms with Crippen molar-refractivity contribution in [2.45, 2.75) is 17.8 Å². The zero-order chi connectivity index (χ0) is 24.0. The fourth-order valence-corrected chi connectivity index (χ4v) is 2.69. The van der Waals surface area contributed by atoms with Gasteiger partial charge in [-0.1, -0.05) is 48.5 Å². The maximum absolute atomic E-state index is 13.8. The van der Waals surface area contributed by atoms with E-state index in [0.717, 1.165) is 13.1 Å². The third kappa shape index (κ3) is 5.75. The van der Waals surface area contributed by atoms with Crippen LogP contribution in [0.1, 0.15) is 31.8 Å². The average molecular weight is 470 g/mol. The standard InChI is InChI=1S/C17H10F6O4.C2H8N2.H2O/c18-16(19,20)15(17(21,22)23,11-5-1-9(2-6-11)13(24)25)12-7-3-10(4-8-12)14(26)27;3-1-2-4;/h1-8H,(H,24,25)(H,26,27);1-4H2;1H2. The van der Waals surface area contributed by atoms with Crippen LogP contribution in [0.15, 0.2) is 48.5 Å². The monoisotopic (exact) mass is 470 g/mol. The molecule has 7 nitrogen and oxygen atoms in total. The molecule has 0 saturated heterocycles. The van der Waals surface area contributed by atoms with E-state index in [2.05, 4.69) is 11.5 Å². The van der Waals surface area contributed by atoms with E-state index in [1.165, 1.54) is 0 Å². The van der Waals surface area contributed by atoms with E-state index in [1.54, 1.807) is 0 Å². The largest absolute Gasteiger partial charge is 0.545 e. The summed E-state index contributed by atoms with van der Waals surface area (Å²) in [6.07, 6.45) is -11.8. The van der Waals surface area contributed by atoms with Crippen LogP contribution < -0.4 is 21.7 Å². The van der Waals surface area contributed by atoms with Gasteiger partial charge in [0.15, 0.2) is 0 Å². The fraction of sp³-hybridized carbons (Fsp3) is 0.263. The van der Waals surface area contributed by atoms with Gasteiger partial charge in [-0.15, -0.1) is 0 Å². The molecule has 0 aliphatic rings. The summed E-state index contributed by atoms with van der Waals surface area (Å²) in [4.78, 5) is 21.4. The fourth-order valence-electron chi connectivity index (χ4n) is 2.69. The van der Waals surface area contributed by atoms with Crippen LogP contribution in [0.25, 0.3) is 0 Å². The topological polar surface area (TPSA) is 167 Å². The maximum Gasteiger partial charge on any atom is 0.411 e. The number of halogens is 6. The van der Waals surface area contributed by atoms with Crippen molar-refractivity contribution < 1.29 is 63.1 Å². The van der Waals surface area contributed by atoms with E-state index >= 15 is 0 Å². The number of hydrogen-bond acceptors (Lipinski definition) is 4. The smallest absolute Gasteiger partial charge is 0.411 e. The molecule has 32 heavy (non-hydrogen) atoms. The Morgan fingerprint density at radius 2 is 0.906 bits per heavy atom. The highest BCUT2D eigenvalue weighted by atomic mass is 19.4. The zero-order valence-electron chi connectivity index (χ0n) is 16.3. The zero-order valence-corrected chi connectivity index (χ0v) is 16.3. The first-order valence-electron chi connectivity index (χ1n) is 8.59. The third-order valence-electron chi connectivity index (χ3n) is 4.21. The van der Waals surface area contributed by atoms with E-state index in [1.807, 2.05) is 0 Å². The molecule has 2 aromatic rings. The summed E-state index contributed by atoms with van der Waals surface area (Å²) in [5, 5.41) is 21.4. The van der Waals surface area contributed by atoms with Gasteiger partial charge in [0, 0.05) is 0 Å². The second kappa shape index (κ2) is 10.9. The number of quaternary nitrogens is 2. The molecule has 0 atom stereocenters. The van der Waals surface area contributed by atoms with Crippen LogP contribution in [0.3, 0.4) is 0 Å². The molecule has 0 spiro atoms. The molecule has 178 valence electrons. The number of benzene rings is 2.